The normalized spacial score (nSPS) is 19.5. The summed E-state index contributed by atoms with van der Waals surface area (Å²) in [4.78, 5) is 26.5. The van der Waals surface area contributed by atoms with Gasteiger partial charge in [0.25, 0.3) is 5.56 Å². The van der Waals surface area contributed by atoms with Crippen molar-refractivity contribution in [1.82, 2.24) is 25.2 Å². The number of benzene rings is 1. The molecule has 1 saturated carbocycles. The standard InChI is InChI=1S/C17H21N5O2/c23-16(12-5-6-12)18-13-7-9-21(10-8-13)11-22-17(24)14-3-1-2-4-15(14)19-20-22/h1-4,12-13H,5-11H2,(H,18,23). The van der Waals surface area contributed by atoms with Crippen LogP contribution < -0.4 is 10.9 Å². The molecule has 7 heteroatoms. The van der Waals surface area contributed by atoms with Gasteiger partial charge in [-0.25, -0.2) is 0 Å². The van der Waals surface area contributed by atoms with Crippen molar-refractivity contribution in [2.45, 2.75) is 38.4 Å². The van der Waals surface area contributed by atoms with Crippen molar-refractivity contribution >= 4 is 16.8 Å². The second-order valence-corrected chi connectivity index (χ2v) is 6.73. The highest BCUT2D eigenvalue weighted by atomic mass is 16.2. The minimum Gasteiger partial charge on any atom is -0.353 e. The molecular formula is C17H21N5O2. The Morgan fingerprint density at radius 2 is 1.92 bits per heavy atom. The smallest absolute Gasteiger partial charge is 0.278 e. The molecule has 1 aliphatic carbocycles. The fraction of sp³-hybridized carbons (Fsp3) is 0.529. The summed E-state index contributed by atoms with van der Waals surface area (Å²) < 4.78 is 1.42. The van der Waals surface area contributed by atoms with E-state index in [1.54, 1.807) is 12.1 Å². The number of aromatic nitrogens is 3. The molecule has 1 aromatic heterocycles. The molecule has 4 rings (SSSR count). The number of carbonyl (C=O) groups excluding carboxylic acids is 1. The van der Waals surface area contributed by atoms with Gasteiger partial charge in [0.05, 0.1) is 12.1 Å². The van der Waals surface area contributed by atoms with Gasteiger partial charge in [0.15, 0.2) is 0 Å². The first-order valence-corrected chi connectivity index (χ1v) is 8.56. The third-order valence-electron chi connectivity index (χ3n) is 4.85. The number of carbonyl (C=O) groups is 1. The van der Waals surface area contributed by atoms with Crippen LogP contribution in [0, 0.1) is 5.92 Å². The second kappa shape index (κ2) is 6.32. The maximum Gasteiger partial charge on any atom is 0.278 e. The lowest BCUT2D eigenvalue weighted by Crippen LogP contribution is -2.46. The predicted molar refractivity (Wildman–Crippen MR) is 89.3 cm³/mol. The van der Waals surface area contributed by atoms with E-state index in [9.17, 15) is 9.59 Å². The van der Waals surface area contributed by atoms with Crippen LogP contribution in [-0.2, 0) is 11.5 Å². The molecule has 1 amide bonds. The van der Waals surface area contributed by atoms with E-state index in [1.165, 1.54) is 4.68 Å². The van der Waals surface area contributed by atoms with E-state index in [1.807, 2.05) is 12.1 Å². The van der Waals surface area contributed by atoms with Crippen LogP contribution in [0.5, 0.6) is 0 Å². The Bertz CT molecular complexity index is 806. The fourth-order valence-electron chi connectivity index (χ4n) is 3.19. The van der Waals surface area contributed by atoms with Crippen molar-refractivity contribution in [3.63, 3.8) is 0 Å². The molecular weight excluding hydrogens is 306 g/mol. The molecule has 24 heavy (non-hydrogen) atoms. The summed E-state index contributed by atoms with van der Waals surface area (Å²) >= 11 is 0. The Kier molecular flexibility index (Phi) is 4.02. The summed E-state index contributed by atoms with van der Waals surface area (Å²) in [6.07, 6.45) is 3.89. The number of hydrogen-bond donors (Lipinski definition) is 1. The summed E-state index contributed by atoms with van der Waals surface area (Å²) in [5.74, 6) is 0.472. The predicted octanol–water partition coefficient (Wildman–Crippen LogP) is 0.740. The largest absolute Gasteiger partial charge is 0.353 e. The van der Waals surface area contributed by atoms with Crippen LogP contribution in [0.15, 0.2) is 29.1 Å². The number of amides is 1. The highest BCUT2D eigenvalue weighted by Crippen LogP contribution is 2.29. The van der Waals surface area contributed by atoms with Crippen LogP contribution >= 0.6 is 0 Å². The van der Waals surface area contributed by atoms with Crippen LogP contribution in [0.4, 0.5) is 0 Å². The van der Waals surface area contributed by atoms with Crippen molar-refractivity contribution in [1.29, 1.82) is 0 Å². The number of piperidine rings is 1. The summed E-state index contributed by atoms with van der Waals surface area (Å²) in [7, 11) is 0. The minimum atomic E-state index is -0.107. The molecule has 1 aromatic carbocycles. The van der Waals surface area contributed by atoms with Gasteiger partial charge in [-0.1, -0.05) is 17.3 Å². The van der Waals surface area contributed by atoms with E-state index in [2.05, 4.69) is 20.5 Å². The van der Waals surface area contributed by atoms with E-state index < -0.39 is 0 Å². The highest BCUT2D eigenvalue weighted by molar-refractivity contribution is 5.81. The van der Waals surface area contributed by atoms with E-state index in [0.29, 0.717) is 17.6 Å². The molecule has 0 bridgehead atoms. The average molecular weight is 327 g/mol. The molecule has 7 nitrogen and oxygen atoms in total. The van der Waals surface area contributed by atoms with Crippen molar-refractivity contribution in [3.05, 3.63) is 34.6 Å². The van der Waals surface area contributed by atoms with Crippen molar-refractivity contribution in [2.75, 3.05) is 13.1 Å². The van der Waals surface area contributed by atoms with E-state index in [4.69, 9.17) is 0 Å². The van der Waals surface area contributed by atoms with Gasteiger partial charge in [-0.15, -0.1) is 5.10 Å². The molecule has 2 aromatic rings. The van der Waals surface area contributed by atoms with Gasteiger partial charge in [-0.2, -0.15) is 4.68 Å². The summed E-state index contributed by atoms with van der Waals surface area (Å²) in [6.45, 7) is 2.13. The number of likely N-dealkylation sites (tertiary alicyclic amines) is 1. The van der Waals surface area contributed by atoms with Crippen LogP contribution in [0.2, 0.25) is 0 Å². The maximum absolute atomic E-state index is 12.5. The third-order valence-corrected chi connectivity index (χ3v) is 4.85. The number of nitrogens with zero attached hydrogens (tertiary/aromatic N) is 4. The minimum absolute atomic E-state index is 0.107. The van der Waals surface area contributed by atoms with Crippen molar-refractivity contribution < 1.29 is 4.79 Å². The second-order valence-electron chi connectivity index (χ2n) is 6.73. The van der Waals surface area contributed by atoms with Crippen LogP contribution in [0.25, 0.3) is 10.9 Å². The van der Waals surface area contributed by atoms with Gasteiger partial charge in [0, 0.05) is 25.0 Å². The van der Waals surface area contributed by atoms with Gasteiger partial charge in [-0.05, 0) is 37.8 Å². The lowest BCUT2D eigenvalue weighted by Gasteiger charge is -2.32. The summed E-state index contributed by atoms with van der Waals surface area (Å²) in [5.41, 5.74) is 0.519. The number of rotatable bonds is 4. The molecule has 2 fully saturated rings. The first-order chi connectivity index (χ1) is 11.7. The highest BCUT2D eigenvalue weighted by Gasteiger charge is 2.31. The Balaban J connectivity index is 1.37. The van der Waals surface area contributed by atoms with Gasteiger partial charge in [0.2, 0.25) is 5.91 Å². The van der Waals surface area contributed by atoms with Gasteiger partial charge < -0.3 is 5.32 Å². The summed E-state index contributed by atoms with van der Waals surface area (Å²) in [5, 5.41) is 11.9. The zero-order chi connectivity index (χ0) is 16.5. The zero-order valence-electron chi connectivity index (χ0n) is 13.5. The zero-order valence-corrected chi connectivity index (χ0v) is 13.5. The first-order valence-electron chi connectivity index (χ1n) is 8.56. The Hall–Kier alpha value is -2.28. The molecule has 0 unspecified atom stereocenters. The number of hydrogen-bond acceptors (Lipinski definition) is 5. The molecule has 0 radical (unpaired) electrons. The Morgan fingerprint density at radius 1 is 1.17 bits per heavy atom. The average Bonchev–Trinajstić information content (AvgIpc) is 3.44. The molecule has 1 saturated heterocycles. The Morgan fingerprint density at radius 3 is 2.67 bits per heavy atom. The maximum atomic E-state index is 12.5. The fourth-order valence-corrected chi connectivity index (χ4v) is 3.19. The first kappa shape index (κ1) is 15.3. The van der Waals surface area contributed by atoms with Crippen LogP contribution in [0.1, 0.15) is 25.7 Å². The van der Waals surface area contributed by atoms with Crippen molar-refractivity contribution in [2.24, 2.45) is 5.92 Å². The van der Waals surface area contributed by atoms with E-state index in [-0.39, 0.29) is 23.4 Å². The Labute approximate surface area is 139 Å². The molecule has 0 spiro atoms. The van der Waals surface area contributed by atoms with Gasteiger partial charge in [0.1, 0.15) is 5.52 Å². The van der Waals surface area contributed by atoms with Gasteiger partial charge in [-0.3, -0.25) is 14.5 Å². The lowest BCUT2D eigenvalue weighted by atomic mass is 10.1. The van der Waals surface area contributed by atoms with Crippen molar-refractivity contribution in [3.8, 4) is 0 Å². The molecule has 2 aliphatic rings. The molecule has 1 aliphatic heterocycles. The monoisotopic (exact) mass is 327 g/mol. The topological polar surface area (TPSA) is 80.1 Å². The van der Waals surface area contributed by atoms with E-state index in [0.717, 1.165) is 38.8 Å². The van der Waals surface area contributed by atoms with E-state index >= 15 is 0 Å². The quantitative estimate of drug-likeness (QED) is 0.896. The molecule has 1 N–H and O–H groups in total. The lowest BCUT2D eigenvalue weighted by molar-refractivity contribution is -0.123. The summed E-state index contributed by atoms with van der Waals surface area (Å²) in [6, 6.07) is 7.52. The van der Waals surface area contributed by atoms with Crippen LogP contribution in [0.3, 0.4) is 0 Å². The van der Waals surface area contributed by atoms with Crippen LogP contribution in [-0.4, -0.2) is 44.9 Å². The molecule has 2 heterocycles. The van der Waals surface area contributed by atoms with Gasteiger partial charge >= 0.3 is 0 Å². The third kappa shape index (κ3) is 3.17. The molecule has 0 atom stereocenters. The SMILES string of the molecule is O=C(NC1CCN(Cn2nnc3ccccc3c2=O)CC1)C1CC1. The number of nitrogens with one attached hydrogen (secondary N) is 1. The molecule has 126 valence electrons. The number of fused-ring (bicyclic) bond motifs is 1.